The second-order valence-corrected chi connectivity index (χ2v) is 16.2. The number of hydroxylamine groups is 2. The third-order valence-corrected chi connectivity index (χ3v) is 11.0. The summed E-state index contributed by atoms with van der Waals surface area (Å²) in [6.45, 7) is 0. The van der Waals surface area contributed by atoms with Gasteiger partial charge in [0.2, 0.25) is 11.9 Å². The Labute approximate surface area is 399 Å². The Balaban J connectivity index is 0.000000237. The summed E-state index contributed by atoms with van der Waals surface area (Å²) >= 11 is 0. The molecule has 2 atom stereocenters. The lowest BCUT2D eigenvalue weighted by molar-refractivity contribution is -0.197. The molecule has 0 radical (unpaired) electrons. The third kappa shape index (κ3) is 14.2. The average molecular weight is 976 g/mol. The molecular weight excluding hydrogens is 931 g/mol. The van der Waals surface area contributed by atoms with Gasteiger partial charge >= 0.3 is 23.9 Å². The number of fused-ring (bicyclic) bond motifs is 2. The number of benzene rings is 2. The highest BCUT2D eigenvalue weighted by molar-refractivity contribution is 6.02. The number of hydrogen-bond acceptors (Lipinski definition) is 19. The van der Waals surface area contributed by atoms with Crippen LogP contribution in [-0.2, 0) is 59.3 Å². The zero-order chi connectivity index (χ0) is 51.4. The van der Waals surface area contributed by atoms with E-state index in [0.29, 0.717) is 53.3 Å². The Bertz CT molecular complexity index is 3140. The number of nitrogens with one attached hydrogen (secondary N) is 2. The van der Waals surface area contributed by atoms with Crippen LogP contribution in [0.25, 0.3) is 22.3 Å². The number of imide groups is 1. The molecule has 9 N–H and O–H groups in total. The van der Waals surface area contributed by atoms with Gasteiger partial charge in [-0.05, 0) is 49.7 Å². The number of aromatic nitrogens is 8. The van der Waals surface area contributed by atoms with Crippen LogP contribution in [0.3, 0.4) is 0 Å². The third-order valence-electron chi connectivity index (χ3n) is 11.0. The summed E-state index contributed by atoms with van der Waals surface area (Å²) in [6, 6.07) is 13.3. The number of carbonyl (C=O) groups excluding carboxylic acids is 5. The number of nitrogens with zero attached hydrogens (tertiary/aromatic N) is 7. The molecule has 25 nitrogen and oxygen atoms in total. The molecule has 4 aromatic heterocycles. The number of nitrogens with two attached hydrogens (primary N) is 2. The van der Waals surface area contributed by atoms with Crippen LogP contribution in [0.4, 0.5) is 11.9 Å². The van der Waals surface area contributed by atoms with Gasteiger partial charge in [-0.2, -0.15) is 9.97 Å². The van der Waals surface area contributed by atoms with Gasteiger partial charge in [0, 0.05) is 49.7 Å². The van der Waals surface area contributed by atoms with Crippen LogP contribution in [0, 0.1) is 11.8 Å². The molecule has 2 amide bonds. The zero-order valence-electron chi connectivity index (χ0n) is 37.5. The molecule has 1 saturated heterocycles. The molecule has 368 valence electrons. The maximum Gasteiger partial charge on any atom is 0.333 e. The van der Waals surface area contributed by atoms with Gasteiger partial charge in [-0.25, -0.2) is 24.7 Å². The molecule has 1 aliphatic heterocycles. The highest BCUT2D eigenvalue weighted by Gasteiger charge is 2.33. The van der Waals surface area contributed by atoms with Crippen LogP contribution in [0.2, 0.25) is 0 Å². The molecular formula is C46H45N11O14. The standard InChI is InChI=1S/C25H24N6O8.C21H21N5O6/c26-25-29-22-21(23(36)30-25)28-16(12-27-22)7-3-13-1-4-14(5-2-13)17(32)11-15(24(37)38)6-10-20(35)39-31-18(33)8-9-19(31)34;22-21-25-18-17(19(30)26-21)24-14(10-23-18)7-3-11-1-4-12(5-2-11)15(27)9-13(20(31)32)6-8-16(28)29/h1-2,4-5,12,15H,3,6-11H2,(H,37,38)(H3,26,27,29,30,36);1-2,4-5,10,13H,3,6-9H2,(H,28,29)(H,31,32)(H3,22,23,25,26,30). The number of aliphatic carboxylic acids is 3. The van der Waals surface area contributed by atoms with Crippen LogP contribution in [0.5, 0.6) is 0 Å². The Morgan fingerprint density at radius 1 is 0.592 bits per heavy atom. The van der Waals surface area contributed by atoms with Gasteiger partial charge in [-0.1, -0.05) is 48.5 Å². The molecule has 2 unspecified atom stereocenters. The first-order chi connectivity index (χ1) is 33.8. The van der Waals surface area contributed by atoms with E-state index in [-0.39, 0.29) is 91.4 Å². The molecule has 0 saturated carbocycles. The van der Waals surface area contributed by atoms with E-state index in [1.54, 1.807) is 48.5 Å². The molecule has 1 aliphatic rings. The van der Waals surface area contributed by atoms with E-state index in [9.17, 15) is 58.2 Å². The number of H-pyrrole nitrogens is 2. The number of Topliss-reactive ketones (excluding diaryl/α,β-unsaturated/α-hetero) is 2. The molecule has 25 heteroatoms. The smallest absolute Gasteiger partial charge is 0.333 e. The van der Waals surface area contributed by atoms with Crippen molar-refractivity contribution in [1.29, 1.82) is 0 Å². The highest BCUT2D eigenvalue weighted by Crippen LogP contribution is 2.21. The lowest BCUT2D eigenvalue weighted by Crippen LogP contribution is -2.32. The first kappa shape index (κ1) is 51.2. The number of aromatic amines is 2. The molecule has 0 spiro atoms. The van der Waals surface area contributed by atoms with E-state index in [4.69, 9.17) is 21.4 Å². The van der Waals surface area contributed by atoms with Crippen molar-refractivity contribution in [3.63, 3.8) is 0 Å². The quantitative estimate of drug-likeness (QED) is 0.0400. The molecule has 1 fully saturated rings. The largest absolute Gasteiger partial charge is 0.481 e. The van der Waals surface area contributed by atoms with Gasteiger partial charge in [0.1, 0.15) is 0 Å². The maximum absolute atomic E-state index is 12.7. The van der Waals surface area contributed by atoms with Crippen molar-refractivity contribution in [3.05, 3.63) is 115 Å². The monoisotopic (exact) mass is 975 g/mol. The number of anilines is 2. The molecule has 6 aromatic rings. The summed E-state index contributed by atoms with van der Waals surface area (Å²) in [7, 11) is 0. The average Bonchev–Trinajstić information content (AvgIpc) is 3.65. The van der Waals surface area contributed by atoms with Crippen LogP contribution in [0.15, 0.2) is 70.5 Å². The first-order valence-corrected chi connectivity index (χ1v) is 21.8. The fourth-order valence-corrected chi connectivity index (χ4v) is 7.15. The summed E-state index contributed by atoms with van der Waals surface area (Å²) in [5.41, 5.74) is 14.2. The summed E-state index contributed by atoms with van der Waals surface area (Å²) in [6.07, 6.45) is 3.40. The predicted molar refractivity (Wildman–Crippen MR) is 246 cm³/mol. The van der Waals surface area contributed by atoms with Crippen molar-refractivity contribution >= 4 is 81.5 Å². The fourth-order valence-electron chi connectivity index (χ4n) is 7.15. The summed E-state index contributed by atoms with van der Waals surface area (Å²) in [4.78, 5) is 152. The number of carboxylic acids is 3. The Kier molecular flexibility index (Phi) is 16.8. The predicted octanol–water partition coefficient (Wildman–Crippen LogP) is 1.96. The van der Waals surface area contributed by atoms with Crippen molar-refractivity contribution < 1.29 is 58.5 Å². The number of carbonyl (C=O) groups is 8. The van der Waals surface area contributed by atoms with Crippen molar-refractivity contribution in [2.45, 2.75) is 77.0 Å². The van der Waals surface area contributed by atoms with Crippen molar-refractivity contribution in [2.75, 3.05) is 11.5 Å². The number of nitrogen functional groups attached to an aromatic ring is 2. The van der Waals surface area contributed by atoms with Gasteiger partial charge < -0.3 is 31.6 Å². The number of aryl methyl sites for hydroxylation is 4. The summed E-state index contributed by atoms with van der Waals surface area (Å²) in [5, 5.41) is 27.8. The highest BCUT2D eigenvalue weighted by atomic mass is 16.7. The SMILES string of the molecule is Nc1nc2ncc(CCc3ccc(C(=O)CC(CCC(=O)O)C(=O)O)cc3)nc2c(=O)[nH]1.Nc1nc2ncc(CCc3ccc(C(=O)CC(CCC(=O)ON4C(=O)CCC4=O)C(=O)O)cc3)nc2c(=O)[nH]1. The normalized spacial score (nSPS) is 13.0. The first-order valence-electron chi connectivity index (χ1n) is 21.8. The number of ketones is 2. The van der Waals surface area contributed by atoms with Gasteiger partial charge in [-0.15, -0.1) is 5.06 Å². The van der Waals surface area contributed by atoms with Gasteiger partial charge in [-0.3, -0.25) is 53.1 Å². The lowest BCUT2D eigenvalue weighted by atomic mass is 9.93. The second-order valence-electron chi connectivity index (χ2n) is 16.2. The minimum atomic E-state index is -1.26. The lowest BCUT2D eigenvalue weighted by Gasteiger charge is -2.14. The number of rotatable bonds is 21. The van der Waals surface area contributed by atoms with Crippen LogP contribution in [0.1, 0.15) is 94.6 Å². The van der Waals surface area contributed by atoms with E-state index in [1.807, 2.05) is 0 Å². The molecule has 2 aromatic carbocycles. The number of amides is 2. The van der Waals surface area contributed by atoms with E-state index >= 15 is 0 Å². The van der Waals surface area contributed by atoms with Gasteiger partial charge in [0.25, 0.3) is 22.9 Å². The van der Waals surface area contributed by atoms with Crippen molar-refractivity contribution in [3.8, 4) is 0 Å². The Morgan fingerprint density at radius 3 is 1.39 bits per heavy atom. The topological polar surface area (TPSA) is 405 Å². The van der Waals surface area contributed by atoms with Crippen molar-refractivity contribution in [2.24, 2.45) is 11.8 Å². The number of carboxylic acid groups (broad SMARTS) is 3. The minimum absolute atomic E-state index is 0.0317. The van der Waals surface area contributed by atoms with E-state index in [0.717, 1.165) is 11.1 Å². The van der Waals surface area contributed by atoms with E-state index < -0.39 is 64.4 Å². The zero-order valence-corrected chi connectivity index (χ0v) is 37.5. The molecule has 0 aliphatic carbocycles. The van der Waals surface area contributed by atoms with Crippen LogP contribution >= 0.6 is 0 Å². The van der Waals surface area contributed by atoms with E-state index in [2.05, 4.69) is 39.9 Å². The van der Waals surface area contributed by atoms with Crippen molar-refractivity contribution in [1.82, 2.24) is 44.9 Å². The van der Waals surface area contributed by atoms with Crippen LogP contribution in [-0.4, -0.2) is 108 Å². The van der Waals surface area contributed by atoms with E-state index in [1.165, 1.54) is 12.4 Å². The second kappa shape index (κ2) is 23.2. The fraction of sp³-hybridized carbons (Fsp3) is 0.304. The minimum Gasteiger partial charge on any atom is -0.481 e. The van der Waals surface area contributed by atoms with Gasteiger partial charge in [0.05, 0.1) is 35.6 Å². The molecule has 71 heavy (non-hydrogen) atoms. The molecule has 5 heterocycles. The Hall–Kier alpha value is -9.16. The summed E-state index contributed by atoms with van der Waals surface area (Å²) in [5.74, 6) is -8.80. The molecule has 0 bridgehead atoms. The summed E-state index contributed by atoms with van der Waals surface area (Å²) < 4.78 is 0. The maximum atomic E-state index is 12.7. The molecule has 7 rings (SSSR count). The number of hydrogen-bond donors (Lipinski definition) is 7. The van der Waals surface area contributed by atoms with Crippen LogP contribution < -0.4 is 22.6 Å². The Morgan fingerprint density at radius 2 is 1.00 bits per heavy atom. The van der Waals surface area contributed by atoms with Gasteiger partial charge in [0.15, 0.2) is 33.9 Å².